The van der Waals surface area contributed by atoms with E-state index in [2.05, 4.69) is 15.8 Å². The van der Waals surface area contributed by atoms with E-state index < -0.39 is 43.1 Å². The van der Waals surface area contributed by atoms with Crippen molar-refractivity contribution in [2.45, 2.75) is 65.3 Å². The van der Waals surface area contributed by atoms with Crippen molar-refractivity contribution in [3.63, 3.8) is 0 Å². The van der Waals surface area contributed by atoms with E-state index in [9.17, 15) is 32.7 Å². The zero-order valence-corrected chi connectivity index (χ0v) is 23.7. The van der Waals surface area contributed by atoms with Crippen LogP contribution < -0.4 is 15.4 Å². The number of aromatic nitrogens is 1. The van der Waals surface area contributed by atoms with E-state index >= 15 is 0 Å². The fourth-order valence-electron chi connectivity index (χ4n) is 4.42. The Balaban J connectivity index is 1.85. The van der Waals surface area contributed by atoms with Crippen LogP contribution in [-0.2, 0) is 16.0 Å². The first-order chi connectivity index (χ1) is 19.2. The molecule has 41 heavy (non-hydrogen) atoms. The molecule has 0 radical (unpaired) electrons. The maximum absolute atomic E-state index is 13.3. The van der Waals surface area contributed by atoms with Gasteiger partial charge in [-0.15, -0.1) is 0 Å². The first-order valence-electron chi connectivity index (χ1n) is 13.2. The average Bonchev–Trinajstić information content (AvgIpc) is 3.23. The first-order valence-corrected chi connectivity index (χ1v) is 13.2. The number of halogens is 3. The van der Waals surface area contributed by atoms with Gasteiger partial charge in [0.1, 0.15) is 23.2 Å². The lowest BCUT2D eigenvalue weighted by molar-refractivity contribution is -0.142. The standard InChI is InChI=1S/C27H36F3N5O6/c1-15-12-35(16(2)14-36)24(38)11-19-10-20(31-23(37)8-9-27(28,29)30)6-7-21(19)40-22(15)13-34(5)26(39)32-25-17(3)33-41-18(25)4/h6-7,10,15-16,22,36H,8-9,11-14H2,1-5H3,(H,31,37)(H,32,39)/t15-,16-,22+/m0/s1. The molecule has 0 saturated carbocycles. The number of aliphatic hydroxyl groups excluding tert-OH is 1. The quantitative estimate of drug-likeness (QED) is 0.429. The molecule has 4 amide bonds. The highest BCUT2D eigenvalue weighted by molar-refractivity contribution is 5.91. The highest BCUT2D eigenvalue weighted by Crippen LogP contribution is 2.30. The van der Waals surface area contributed by atoms with Gasteiger partial charge in [-0.05, 0) is 39.0 Å². The molecule has 1 aliphatic rings. The van der Waals surface area contributed by atoms with Crippen molar-refractivity contribution in [3.8, 4) is 5.75 Å². The van der Waals surface area contributed by atoms with E-state index in [4.69, 9.17) is 9.26 Å². The molecule has 11 nitrogen and oxygen atoms in total. The molecule has 0 aliphatic carbocycles. The Labute approximate surface area is 236 Å². The van der Waals surface area contributed by atoms with Crippen molar-refractivity contribution < 1.29 is 41.9 Å². The second-order valence-corrected chi connectivity index (χ2v) is 10.4. The summed E-state index contributed by atoms with van der Waals surface area (Å²) in [6.07, 6.45) is -7.18. The van der Waals surface area contributed by atoms with Crippen molar-refractivity contribution in [2.75, 3.05) is 37.4 Å². The lowest BCUT2D eigenvalue weighted by Crippen LogP contribution is -2.48. The molecule has 1 aromatic carbocycles. The number of nitrogens with one attached hydrogen (secondary N) is 2. The molecule has 226 valence electrons. The number of hydrogen-bond donors (Lipinski definition) is 3. The predicted molar refractivity (Wildman–Crippen MR) is 144 cm³/mol. The molecule has 0 unspecified atom stereocenters. The molecule has 0 spiro atoms. The number of alkyl halides is 3. The van der Waals surface area contributed by atoms with E-state index in [0.717, 1.165) is 0 Å². The van der Waals surface area contributed by atoms with E-state index in [1.807, 2.05) is 6.92 Å². The second kappa shape index (κ2) is 13.2. The Kier molecular flexibility index (Phi) is 10.2. The molecule has 2 heterocycles. The number of aryl methyl sites for hydroxylation is 2. The molecule has 14 heteroatoms. The van der Waals surface area contributed by atoms with E-state index in [-0.39, 0.29) is 43.6 Å². The number of fused-ring (bicyclic) bond motifs is 1. The fourth-order valence-corrected chi connectivity index (χ4v) is 4.42. The van der Waals surface area contributed by atoms with E-state index in [0.29, 0.717) is 28.5 Å². The van der Waals surface area contributed by atoms with Gasteiger partial charge in [-0.25, -0.2) is 4.79 Å². The minimum atomic E-state index is -4.46. The number of benzene rings is 1. The van der Waals surface area contributed by atoms with Crippen LogP contribution in [0.3, 0.4) is 0 Å². The van der Waals surface area contributed by atoms with Crippen LogP contribution in [0.2, 0.25) is 0 Å². The van der Waals surface area contributed by atoms with Crippen LogP contribution in [0.25, 0.3) is 0 Å². The lowest BCUT2D eigenvalue weighted by Gasteiger charge is -2.34. The summed E-state index contributed by atoms with van der Waals surface area (Å²) < 4.78 is 49.0. The Hall–Kier alpha value is -3.81. The smallest absolute Gasteiger partial charge is 0.389 e. The topological polar surface area (TPSA) is 137 Å². The normalized spacial score (nSPS) is 18.4. The second-order valence-electron chi connectivity index (χ2n) is 10.4. The average molecular weight is 584 g/mol. The summed E-state index contributed by atoms with van der Waals surface area (Å²) in [7, 11) is 1.59. The first kappa shape index (κ1) is 31.7. The minimum absolute atomic E-state index is 0.126. The van der Waals surface area contributed by atoms with Crippen molar-refractivity contribution in [1.82, 2.24) is 15.0 Å². The molecule has 2 aromatic rings. The molecule has 1 aliphatic heterocycles. The largest absolute Gasteiger partial charge is 0.488 e. The number of likely N-dealkylation sites (N-methyl/N-ethyl adjacent to an activating group) is 1. The Morgan fingerprint density at radius 2 is 1.98 bits per heavy atom. The van der Waals surface area contributed by atoms with Gasteiger partial charge < -0.3 is 34.8 Å². The van der Waals surface area contributed by atoms with Crippen molar-refractivity contribution >= 4 is 29.2 Å². The third kappa shape index (κ3) is 8.59. The lowest BCUT2D eigenvalue weighted by atomic mass is 10.0. The third-order valence-electron chi connectivity index (χ3n) is 6.90. The van der Waals surface area contributed by atoms with Gasteiger partial charge in [0.15, 0.2) is 5.76 Å². The number of nitrogens with zero attached hydrogens (tertiary/aromatic N) is 3. The highest BCUT2D eigenvalue weighted by Gasteiger charge is 2.32. The molecular weight excluding hydrogens is 547 g/mol. The number of urea groups is 1. The minimum Gasteiger partial charge on any atom is -0.488 e. The number of ether oxygens (including phenoxy) is 1. The number of carbonyl (C=O) groups excluding carboxylic acids is 3. The maximum Gasteiger partial charge on any atom is 0.389 e. The van der Waals surface area contributed by atoms with Crippen LogP contribution in [0.4, 0.5) is 29.3 Å². The van der Waals surface area contributed by atoms with Crippen molar-refractivity contribution in [2.24, 2.45) is 5.92 Å². The van der Waals surface area contributed by atoms with Gasteiger partial charge in [-0.1, -0.05) is 12.1 Å². The third-order valence-corrected chi connectivity index (χ3v) is 6.90. The van der Waals surface area contributed by atoms with Crippen LogP contribution in [0.1, 0.15) is 43.7 Å². The van der Waals surface area contributed by atoms with Crippen LogP contribution in [0, 0.1) is 19.8 Å². The Morgan fingerprint density at radius 1 is 1.27 bits per heavy atom. The van der Waals surface area contributed by atoms with Crippen LogP contribution in [-0.4, -0.2) is 83.0 Å². The summed E-state index contributed by atoms with van der Waals surface area (Å²) in [5.74, 6) is -0.602. The monoisotopic (exact) mass is 583 g/mol. The number of rotatable bonds is 8. The van der Waals surface area contributed by atoms with E-state index in [1.54, 1.807) is 27.8 Å². The van der Waals surface area contributed by atoms with Crippen LogP contribution >= 0.6 is 0 Å². The summed E-state index contributed by atoms with van der Waals surface area (Å²) in [6.45, 7) is 7.05. The van der Waals surface area contributed by atoms with Gasteiger partial charge in [0, 0.05) is 37.2 Å². The molecule has 1 aromatic heterocycles. The maximum atomic E-state index is 13.3. The molecule has 3 N–H and O–H groups in total. The molecule has 0 bridgehead atoms. The number of anilines is 2. The molecule has 0 fully saturated rings. The molecular formula is C27H36F3N5O6. The molecule has 3 rings (SSSR count). The molecule has 3 atom stereocenters. The number of hydrogen-bond acceptors (Lipinski definition) is 7. The summed E-state index contributed by atoms with van der Waals surface area (Å²) >= 11 is 0. The summed E-state index contributed by atoms with van der Waals surface area (Å²) in [4.78, 5) is 41.3. The summed E-state index contributed by atoms with van der Waals surface area (Å²) in [5.41, 5.74) is 1.61. The van der Waals surface area contributed by atoms with Crippen LogP contribution in [0.15, 0.2) is 22.7 Å². The Bertz CT molecular complexity index is 1230. The fraction of sp³-hybridized carbons (Fsp3) is 0.556. The van der Waals surface area contributed by atoms with Crippen molar-refractivity contribution in [3.05, 3.63) is 35.2 Å². The molecule has 0 saturated heterocycles. The number of carbonyl (C=O) groups is 3. The predicted octanol–water partition coefficient (Wildman–Crippen LogP) is 3.89. The van der Waals surface area contributed by atoms with E-state index in [1.165, 1.54) is 28.0 Å². The highest BCUT2D eigenvalue weighted by atomic mass is 19.4. The zero-order valence-electron chi connectivity index (χ0n) is 23.7. The van der Waals surface area contributed by atoms with Gasteiger partial charge in [-0.2, -0.15) is 13.2 Å². The van der Waals surface area contributed by atoms with Gasteiger partial charge >= 0.3 is 12.2 Å². The van der Waals surface area contributed by atoms with Gasteiger partial charge in [0.25, 0.3) is 0 Å². The number of aliphatic hydroxyl groups is 1. The summed E-state index contributed by atoms with van der Waals surface area (Å²) in [6, 6.07) is 3.58. The number of amides is 4. The Morgan fingerprint density at radius 3 is 2.59 bits per heavy atom. The van der Waals surface area contributed by atoms with Crippen LogP contribution in [0.5, 0.6) is 5.75 Å². The SMILES string of the molecule is Cc1noc(C)c1NC(=O)N(C)C[C@H]1Oc2ccc(NC(=O)CCC(F)(F)F)cc2CC(=O)N([C@@H](C)CO)C[C@@H]1C. The summed E-state index contributed by atoms with van der Waals surface area (Å²) in [5, 5.41) is 18.8. The van der Waals surface area contributed by atoms with Gasteiger partial charge in [0.05, 0.1) is 32.0 Å². The van der Waals surface area contributed by atoms with Gasteiger partial charge in [0.2, 0.25) is 11.8 Å². The van der Waals surface area contributed by atoms with Gasteiger partial charge in [-0.3, -0.25) is 9.59 Å². The van der Waals surface area contributed by atoms with Crippen molar-refractivity contribution in [1.29, 1.82) is 0 Å². The zero-order chi connectivity index (χ0) is 30.5.